The van der Waals surface area contributed by atoms with Gasteiger partial charge in [0, 0.05) is 18.1 Å². The molecule has 0 radical (unpaired) electrons. The van der Waals surface area contributed by atoms with Crippen molar-refractivity contribution in [2.75, 3.05) is 20.3 Å². The van der Waals surface area contributed by atoms with Crippen LogP contribution in [-0.2, 0) is 34.0 Å². The first-order chi connectivity index (χ1) is 15.8. The lowest BCUT2D eigenvalue weighted by molar-refractivity contribution is -0.386. The van der Waals surface area contributed by atoms with Crippen molar-refractivity contribution in [3.05, 3.63) is 64.1 Å². The third-order valence-electron chi connectivity index (χ3n) is 5.63. The number of furan rings is 1. The highest BCUT2D eigenvalue weighted by atomic mass is 16.6. The molecule has 1 aromatic heterocycles. The Balaban J connectivity index is 2.37. The molecule has 0 unspecified atom stereocenters. The van der Waals surface area contributed by atoms with Crippen LogP contribution in [0.25, 0.3) is 0 Å². The fourth-order valence-electron chi connectivity index (χ4n) is 4.31. The molecule has 3 rings (SSSR count). The lowest BCUT2D eigenvalue weighted by atomic mass is 9.70. The van der Waals surface area contributed by atoms with Gasteiger partial charge >= 0.3 is 17.9 Å². The number of carbonyl (C=O) groups is 3. The minimum absolute atomic E-state index is 0.0498. The zero-order valence-electron chi connectivity index (χ0n) is 18.4. The van der Waals surface area contributed by atoms with E-state index in [2.05, 4.69) is 5.32 Å². The van der Waals surface area contributed by atoms with E-state index in [4.69, 9.17) is 18.6 Å². The zero-order valence-corrected chi connectivity index (χ0v) is 18.4. The maximum absolute atomic E-state index is 13.4. The Hall–Kier alpha value is -3.73. The van der Waals surface area contributed by atoms with Gasteiger partial charge in [-0.25, -0.2) is 9.59 Å². The van der Waals surface area contributed by atoms with E-state index in [9.17, 15) is 24.5 Å². The van der Waals surface area contributed by atoms with Crippen molar-refractivity contribution in [2.24, 2.45) is 0 Å². The summed E-state index contributed by atoms with van der Waals surface area (Å²) in [6.07, 6.45) is 0.785. The van der Waals surface area contributed by atoms with Crippen molar-refractivity contribution in [3.8, 4) is 0 Å². The number of nitro groups is 1. The molecule has 1 aliphatic rings. The number of hydrogen-bond acceptors (Lipinski definition) is 10. The SMILES string of the molecule is CCOC(=O)C1(C(=O)OCC)C[C@](C(=O)OC)(c2ccccc2[N+](=O)[O-])[C@@H](c2ccco2)N1. The van der Waals surface area contributed by atoms with E-state index < -0.39 is 46.2 Å². The minimum atomic E-state index is -2.15. The Morgan fingerprint density at radius 3 is 2.24 bits per heavy atom. The van der Waals surface area contributed by atoms with Crippen molar-refractivity contribution < 1.29 is 37.9 Å². The quantitative estimate of drug-likeness (QED) is 0.204. The number of methoxy groups -OCH3 is 1. The average molecular weight is 460 g/mol. The van der Waals surface area contributed by atoms with Crippen LogP contribution in [0.5, 0.6) is 0 Å². The predicted molar refractivity (Wildman–Crippen MR) is 112 cm³/mol. The molecule has 0 amide bonds. The maximum Gasteiger partial charge on any atom is 0.338 e. The molecular formula is C22H24N2O9. The number of nitro benzene ring substituents is 1. The molecule has 11 nitrogen and oxygen atoms in total. The molecule has 33 heavy (non-hydrogen) atoms. The molecule has 2 atom stereocenters. The highest BCUT2D eigenvalue weighted by molar-refractivity contribution is 6.07. The first-order valence-electron chi connectivity index (χ1n) is 10.3. The van der Waals surface area contributed by atoms with Crippen molar-refractivity contribution >= 4 is 23.6 Å². The first kappa shape index (κ1) is 23.9. The van der Waals surface area contributed by atoms with Crippen LogP contribution in [0.1, 0.15) is 37.6 Å². The minimum Gasteiger partial charge on any atom is -0.468 e. The summed E-state index contributed by atoms with van der Waals surface area (Å²) in [5, 5.41) is 14.8. The lowest BCUT2D eigenvalue weighted by Gasteiger charge is -2.31. The van der Waals surface area contributed by atoms with Crippen LogP contribution < -0.4 is 5.32 Å². The van der Waals surface area contributed by atoms with E-state index >= 15 is 0 Å². The number of para-hydroxylation sites is 1. The molecule has 1 aliphatic heterocycles. The maximum atomic E-state index is 13.4. The molecule has 11 heteroatoms. The highest BCUT2D eigenvalue weighted by Gasteiger charge is 2.69. The van der Waals surface area contributed by atoms with Gasteiger partial charge in [-0.3, -0.25) is 20.2 Å². The molecule has 176 valence electrons. The molecular weight excluding hydrogens is 436 g/mol. The van der Waals surface area contributed by atoms with Crippen molar-refractivity contribution in [1.82, 2.24) is 5.32 Å². The first-order valence-corrected chi connectivity index (χ1v) is 10.3. The summed E-state index contributed by atoms with van der Waals surface area (Å²) in [6, 6.07) is 7.45. The molecule has 1 aromatic carbocycles. The lowest BCUT2D eigenvalue weighted by Crippen LogP contribution is -2.56. The van der Waals surface area contributed by atoms with Gasteiger partial charge in [0.15, 0.2) is 0 Å². The number of benzene rings is 1. The number of nitrogens with zero attached hydrogens (tertiary/aromatic N) is 1. The third kappa shape index (κ3) is 3.84. The third-order valence-corrected chi connectivity index (χ3v) is 5.63. The van der Waals surface area contributed by atoms with Gasteiger partial charge in [-0.15, -0.1) is 0 Å². The Morgan fingerprint density at radius 2 is 1.73 bits per heavy atom. The summed E-state index contributed by atoms with van der Waals surface area (Å²) in [4.78, 5) is 51.0. The van der Waals surface area contributed by atoms with E-state index in [0.717, 1.165) is 7.11 Å². The second-order valence-corrected chi connectivity index (χ2v) is 7.35. The summed E-state index contributed by atoms with van der Waals surface area (Å²) in [7, 11) is 1.12. The Morgan fingerprint density at radius 1 is 1.09 bits per heavy atom. The Kier molecular flexibility index (Phi) is 6.82. The van der Waals surface area contributed by atoms with E-state index in [0.29, 0.717) is 0 Å². The highest BCUT2D eigenvalue weighted by Crippen LogP contribution is 2.53. The van der Waals surface area contributed by atoms with Crippen LogP contribution in [0.4, 0.5) is 5.69 Å². The van der Waals surface area contributed by atoms with Gasteiger partial charge in [0.25, 0.3) is 5.69 Å². The van der Waals surface area contributed by atoms with Gasteiger partial charge in [-0.05, 0) is 26.0 Å². The molecule has 0 bridgehead atoms. The predicted octanol–water partition coefficient (Wildman–Crippen LogP) is 2.20. The largest absolute Gasteiger partial charge is 0.468 e. The number of carbonyl (C=O) groups excluding carboxylic acids is 3. The summed E-state index contributed by atoms with van der Waals surface area (Å²) >= 11 is 0. The van der Waals surface area contributed by atoms with E-state index in [1.165, 1.54) is 36.6 Å². The van der Waals surface area contributed by atoms with Crippen LogP contribution in [0.15, 0.2) is 47.1 Å². The normalized spacial score (nSPS) is 21.2. The van der Waals surface area contributed by atoms with Gasteiger partial charge in [0.2, 0.25) is 5.54 Å². The summed E-state index contributed by atoms with van der Waals surface area (Å²) < 4.78 is 20.9. The molecule has 1 N–H and O–H groups in total. The van der Waals surface area contributed by atoms with Crippen LogP contribution in [0, 0.1) is 10.1 Å². The van der Waals surface area contributed by atoms with Crippen LogP contribution >= 0.6 is 0 Å². The standard InChI is InChI=1S/C22H24N2O9/c1-4-31-19(26)22(20(27)32-5-2)13-21(18(25)30-3,17(23-22)16-11-8-12-33-16)14-9-6-7-10-15(14)24(28)29/h6-12,17,23H,4-5,13H2,1-3H3/t17-,21+/m1/s1. The van der Waals surface area contributed by atoms with Crippen molar-refractivity contribution in [3.63, 3.8) is 0 Å². The smallest absolute Gasteiger partial charge is 0.338 e. The molecule has 2 aromatic rings. The van der Waals surface area contributed by atoms with Gasteiger partial charge in [0.1, 0.15) is 11.2 Å². The monoisotopic (exact) mass is 460 g/mol. The van der Waals surface area contributed by atoms with Gasteiger partial charge in [-0.1, -0.05) is 18.2 Å². The molecule has 2 heterocycles. The number of rotatable bonds is 8. The van der Waals surface area contributed by atoms with Crippen molar-refractivity contribution in [2.45, 2.75) is 37.3 Å². The molecule has 0 spiro atoms. The Bertz CT molecular complexity index is 1030. The average Bonchev–Trinajstić information content (AvgIpc) is 3.46. The summed E-state index contributed by atoms with van der Waals surface area (Å²) in [5.74, 6) is -2.70. The number of ether oxygens (including phenoxy) is 3. The van der Waals surface area contributed by atoms with Gasteiger partial charge < -0.3 is 18.6 Å². The van der Waals surface area contributed by atoms with E-state index in [1.54, 1.807) is 19.9 Å². The van der Waals surface area contributed by atoms with Gasteiger partial charge in [0.05, 0.1) is 37.6 Å². The summed E-state index contributed by atoms with van der Waals surface area (Å²) in [5.41, 5.74) is -4.49. The fraction of sp³-hybridized carbons (Fsp3) is 0.409. The van der Waals surface area contributed by atoms with Gasteiger partial charge in [-0.2, -0.15) is 0 Å². The zero-order chi connectivity index (χ0) is 24.2. The number of hydrogen-bond donors (Lipinski definition) is 1. The van der Waals surface area contributed by atoms with E-state index in [-0.39, 0.29) is 30.2 Å². The van der Waals surface area contributed by atoms with Crippen LogP contribution in [0.3, 0.4) is 0 Å². The van der Waals surface area contributed by atoms with Crippen LogP contribution in [0.2, 0.25) is 0 Å². The van der Waals surface area contributed by atoms with Crippen LogP contribution in [-0.4, -0.2) is 48.7 Å². The molecule has 1 saturated heterocycles. The number of esters is 3. The molecule has 1 fully saturated rings. The fourth-order valence-corrected chi connectivity index (χ4v) is 4.31. The second kappa shape index (κ2) is 9.41. The summed E-state index contributed by atoms with van der Waals surface area (Å²) in [6.45, 7) is 3.02. The molecule has 0 saturated carbocycles. The molecule has 0 aliphatic carbocycles. The van der Waals surface area contributed by atoms with E-state index in [1.807, 2.05) is 0 Å². The Labute approximate surface area is 189 Å². The topological polar surface area (TPSA) is 147 Å². The number of nitrogens with one attached hydrogen (secondary N) is 1. The van der Waals surface area contributed by atoms with Crippen molar-refractivity contribution in [1.29, 1.82) is 0 Å². The second-order valence-electron chi connectivity index (χ2n) is 7.35.